The van der Waals surface area contributed by atoms with Crippen LogP contribution in [0.3, 0.4) is 0 Å². The number of hydrogen-bond acceptors (Lipinski definition) is 2. The van der Waals surface area contributed by atoms with Crippen molar-refractivity contribution in [3.8, 4) is 0 Å². The lowest BCUT2D eigenvalue weighted by atomic mass is 10.1. The van der Waals surface area contributed by atoms with E-state index in [1.807, 2.05) is 0 Å². The summed E-state index contributed by atoms with van der Waals surface area (Å²) in [6.07, 6.45) is 4.68. The van der Waals surface area contributed by atoms with Crippen molar-refractivity contribution >= 4 is 11.0 Å². The van der Waals surface area contributed by atoms with Gasteiger partial charge in [0.25, 0.3) is 0 Å². The lowest BCUT2D eigenvalue weighted by molar-refractivity contribution is 0.666. The highest BCUT2D eigenvalue weighted by Gasteiger charge is 2.28. The normalized spacial score (nSPS) is 17.3. The lowest BCUT2D eigenvalue weighted by Gasteiger charge is -2.05. The molecule has 1 aromatic heterocycles. The van der Waals surface area contributed by atoms with Crippen molar-refractivity contribution in [1.82, 2.24) is 9.55 Å². The van der Waals surface area contributed by atoms with E-state index in [1.54, 1.807) is 0 Å². The number of aromatic nitrogens is 2. The van der Waals surface area contributed by atoms with E-state index in [0.717, 1.165) is 18.4 Å². The average Bonchev–Trinajstić information content (AvgIpc) is 3.13. The molecule has 2 aromatic rings. The van der Waals surface area contributed by atoms with E-state index in [4.69, 9.17) is 10.7 Å². The average molecular weight is 243 g/mol. The van der Waals surface area contributed by atoms with Gasteiger partial charge in [-0.3, -0.25) is 0 Å². The summed E-state index contributed by atoms with van der Waals surface area (Å²) in [5.74, 6) is 1.96. The zero-order valence-electron chi connectivity index (χ0n) is 11.2. The molecule has 1 unspecified atom stereocenters. The Balaban J connectivity index is 1.91. The monoisotopic (exact) mass is 243 g/mol. The zero-order chi connectivity index (χ0) is 12.7. The second-order valence-corrected chi connectivity index (χ2v) is 5.64. The number of aryl methyl sites for hydroxylation is 2. The standard InChI is InChI=1S/C15H21N3/c1-10(16)3-4-11-5-8-14-13(9-11)17-15(18(14)2)12-6-7-12/h5,8-10,12H,3-4,6-7,16H2,1-2H3. The molecule has 0 amide bonds. The van der Waals surface area contributed by atoms with Crippen LogP contribution in [0.4, 0.5) is 0 Å². The third-order valence-corrected chi connectivity index (χ3v) is 3.81. The van der Waals surface area contributed by atoms with Crippen LogP contribution in [0.5, 0.6) is 0 Å². The highest BCUT2D eigenvalue weighted by molar-refractivity contribution is 5.77. The lowest BCUT2D eigenvalue weighted by Crippen LogP contribution is -2.15. The molecule has 1 aromatic carbocycles. The molecule has 0 spiro atoms. The SMILES string of the molecule is CC(N)CCc1ccc2c(c1)nc(C1CC1)n2C. The molecule has 0 radical (unpaired) electrons. The number of fused-ring (bicyclic) bond motifs is 1. The van der Waals surface area contributed by atoms with Crippen LogP contribution in [0.2, 0.25) is 0 Å². The molecule has 1 saturated carbocycles. The van der Waals surface area contributed by atoms with Gasteiger partial charge in [-0.15, -0.1) is 0 Å². The van der Waals surface area contributed by atoms with Crippen LogP contribution in [-0.2, 0) is 13.5 Å². The molecule has 3 heteroatoms. The Bertz CT molecular complexity index is 564. The predicted octanol–water partition coefficient (Wildman–Crippen LogP) is 2.73. The molecule has 2 N–H and O–H groups in total. The molecular weight excluding hydrogens is 222 g/mol. The molecule has 0 saturated heterocycles. The number of benzene rings is 1. The molecule has 1 fully saturated rings. The van der Waals surface area contributed by atoms with Crippen molar-refractivity contribution in [3.05, 3.63) is 29.6 Å². The Morgan fingerprint density at radius 2 is 2.22 bits per heavy atom. The first kappa shape index (κ1) is 11.7. The number of imidazole rings is 1. The van der Waals surface area contributed by atoms with Gasteiger partial charge >= 0.3 is 0 Å². The zero-order valence-corrected chi connectivity index (χ0v) is 11.2. The number of nitrogens with zero attached hydrogens (tertiary/aromatic N) is 2. The van der Waals surface area contributed by atoms with Crippen LogP contribution in [0.25, 0.3) is 11.0 Å². The van der Waals surface area contributed by atoms with E-state index in [9.17, 15) is 0 Å². The number of hydrogen-bond donors (Lipinski definition) is 1. The van der Waals surface area contributed by atoms with Gasteiger partial charge in [0.15, 0.2) is 0 Å². The Hall–Kier alpha value is -1.35. The van der Waals surface area contributed by atoms with Crippen molar-refractivity contribution in [3.63, 3.8) is 0 Å². The molecule has 1 heterocycles. The second kappa shape index (κ2) is 4.39. The van der Waals surface area contributed by atoms with E-state index in [2.05, 4.69) is 36.7 Å². The third kappa shape index (κ3) is 2.15. The highest BCUT2D eigenvalue weighted by Crippen LogP contribution is 2.40. The molecular formula is C15H21N3. The van der Waals surface area contributed by atoms with Crippen molar-refractivity contribution in [2.24, 2.45) is 12.8 Å². The molecule has 3 nitrogen and oxygen atoms in total. The topological polar surface area (TPSA) is 43.8 Å². The van der Waals surface area contributed by atoms with E-state index in [1.165, 1.54) is 29.7 Å². The Labute approximate surface area is 108 Å². The van der Waals surface area contributed by atoms with Gasteiger partial charge in [-0.05, 0) is 50.3 Å². The summed E-state index contributed by atoms with van der Waals surface area (Å²) < 4.78 is 2.25. The molecule has 1 aliphatic carbocycles. The van der Waals surface area contributed by atoms with Crippen molar-refractivity contribution in [2.45, 2.75) is 44.6 Å². The second-order valence-electron chi connectivity index (χ2n) is 5.64. The minimum absolute atomic E-state index is 0.270. The number of rotatable bonds is 4. The van der Waals surface area contributed by atoms with Gasteiger partial charge in [-0.25, -0.2) is 4.98 Å². The van der Waals surface area contributed by atoms with Gasteiger partial charge in [0.05, 0.1) is 11.0 Å². The quantitative estimate of drug-likeness (QED) is 0.897. The van der Waals surface area contributed by atoms with Gasteiger partial charge in [0, 0.05) is 19.0 Å². The predicted molar refractivity (Wildman–Crippen MR) is 74.7 cm³/mol. The minimum Gasteiger partial charge on any atom is -0.331 e. The van der Waals surface area contributed by atoms with E-state index < -0.39 is 0 Å². The van der Waals surface area contributed by atoms with Crippen molar-refractivity contribution < 1.29 is 0 Å². The third-order valence-electron chi connectivity index (χ3n) is 3.81. The maximum Gasteiger partial charge on any atom is 0.112 e. The molecule has 3 rings (SSSR count). The largest absolute Gasteiger partial charge is 0.331 e. The minimum atomic E-state index is 0.270. The summed E-state index contributed by atoms with van der Waals surface area (Å²) in [6, 6.07) is 6.91. The van der Waals surface area contributed by atoms with Crippen LogP contribution < -0.4 is 5.73 Å². The maximum absolute atomic E-state index is 5.81. The van der Waals surface area contributed by atoms with Gasteiger partial charge in [0.2, 0.25) is 0 Å². The van der Waals surface area contributed by atoms with Gasteiger partial charge in [0.1, 0.15) is 5.82 Å². The maximum atomic E-state index is 5.81. The van der Waals surface area contributed by atoms with E-state index in [0.29, 0.717) is 5.92 Å². The number of nitrogens with two attached hydrogens (primary N) is 1. The smallest absolute Gasteiger partial charge is 0.112 e. The summed E-state index contributed by atoms with van der Waals surface area (Å²) in [6.45, 7) is 2.06. The fourth-order valence-corrected chi connectivity index (χ4v) is 2.52. The van der Waals surface area contributed by atoms with Crippen LogP contribution in [0.1, 0.15) is 43.5 Å². The van der Waals surface area contributed by atoms with Crippen molar-refractivity contribution in [1.29, 1.82) is 0 Å². The fraction of sp³-hybridized carbons (Fsp3) is 0.533. The Morgan fingerprint density at radius 3 is 2.89 bits per heavy atom. The van der Waals surface area contributed by atoms with E-state index in [-0.39, 0.29) is 6.04 Å². The van der Waals surface area contributed by atoms with Crippen LogP contribution in [-0.4, -0.2) is 15.6 Å². The molecule has 18 heavy (non-hydrogen) atoms. The van der Waals surface area contributed by atoms with Gasteiger partial charge in [-0.2, -0.15) is 0 Å². The molecule has 96 valence electrons. The highest BCUT2D eigenvalue weighted by atomic mass is 15.1. The molecule has 1 aliphatic rings. The summed E-state index contributed by atoms with van der Waals surface area (Å²) in [5.41, 5.74) is 9.55. The van der Waals surface area contributed by atoms with Gasteiger partial charge in [-0.1, -0.05) is 6.07 Å². The summed E-state index contributed by atoms with van der Waals surface area (Å²) >= 11 is 0. The Kier molecular flexibility index (Phi) is 2.86. The van der Waals surface area contributed by atoms with Crippen LogP contribution >= 0.6 is 0 Å². The van der Waals surface area contributed by atoms with Crippen molar-refractivity contribution in [2.75, 3.05) is 0 Å². The first-order valence-electron chi connectivity index (χ1n) is 6.86. The first-order valence-corrected chi connectivity index (χ1v) is 6.86. The summed E-state index contributed by atoms with van der Waals surface area (Å²) in [4.78, 5) is 4.79. The van der Waals surface area contributed by atoms with Crippen LogP contribution in [0, 0.1) is 0 Å². The summed E-state index contributed by atoms with van der Waals surface area (Å²) in [5, 5.41) is 0. The fourth-order valence-electron chi connectivity index (χ4n) is 2.52. The first-order chi connectivity index (χ1) is 8.65. The Morgan fingerprint density at radius 1 is 1.44 bits per heavy atom. The molecule has 0 bridgehead atoms. The van der Waals surface area contributed by atoms with Gasteiger partial charge < -0.3 is 10.3 Å². The molecule has 0 aliphatic heterocycles. The van der Waals surface area contributed by atoms with Crippen LogP contribution in [0.15, 0.2) is 18.2 Å². The summed E-state index contributed by atoms with van der Waals surface area (Å²) in [7, 11) is 2.13. The van der Waals surface area contributed by atoms with E-state index >= 15 is 0 Å². The molecule has 1 atom stereocenters.